The summed E-state index contributed by atoms with van der Waals surface area (Å²) in [6, 6.07) is 2.66. The van der Waals surface area contributed by atoms with Crippen LogP contribution >= 0.6 is 0 Å². The van der Waals surface area contributed by atoms with Gasteiger partial charge >= 0.3 is 6.09 Å². The van der Waals surface area contributed by atoms with E-state index in [1.807, 2.05) is 0 Å². The number of nitrogens with two attached hydrogens (primary N) is 1. The second-order valence-electron chi connectivity index (χ2n) is 8.96. The Hall–Kier alpha value is -2.51. The third-order valence-electron chi connectivity index (χ3n) is 5.17. The van der Waals surface area contributed by atoms with E-state index in [9.17, 15) is 14.4 Å². The van der Waals surface area contributed by atoms with E-state index in [2.05, 4.69) is 10.6 Å². The van der Waals surface area contributed by atoms with Gasteiger partial charge in [0.25, 0.3) is 5.56 Å². The summed E-state index contributed by atoms with van der Waals surface area (Å²) in [7, 11) is 0. The van der Waals surface area contributed by atoms with E-state index in [-0.39, 0.29) is 23.2 Å². The van der Waals surface area contributed by atoms with Crippen LogP contribution in [0.2, 0.25) is 0 Å². The molecule has 1 saturated carbocycles. The standard InChI is InChI=1S/C22H36N4O4/c1-22(2,3)30-21(29)24-14-8-13-18(26-15-9-12-17(23)20(26)28)19(27)25-16-10-6-4-5-7-11-16/h9,12,15-16,18H,4-8,10-11,13-14,23H2,1-3H3,(H,24,29)(H,25,27). The third kappa shape index (κ3) is 7.72. The molecule has 2 amide bonds. The minimum atomic E-state index is -0.676. The Balaban J connectivity index is 2.02. The molecule has 1 fully saturated rings. The number of alkyl carbamates (subject to hydrolysis) is 1. The molecule has 1 aromatic rings. The van der Waals surface area contributed by atoms with Gasteiger partial charge in [0.1, 0.15) is 11.6 Å². The molecule has 168 valence electrons. The van der Waals surface area contributed by atoms with Gasteiger partial charge in [-0.05, 0) is 58.6 Å². The Morgan fingerprint density at radius 2 is 1.90 bits per heavy atom. The monoisotopic (exact) mass is 420 g/mol. The Kier molecular flexibility index (Phi) is 8.74. The van der Waals surface area contributed by atoms with E-state index in [4.69, 9.17) is 10.5 Å². The molecular formula is C22H36N4O4. The van der Waals surface area contributed by atoms with Crippen molar-refractivity contribution >= 4 is 17.7 Å². The highest BCUT2D eigenvalue weighted by atomic mass is 16.6. The molecule has 4 N–H and O–H groups in total. The zero-order valence-electron chi connectivity index (χ0n) is 18.4. The SMILES string of the molecule is CC(C)(C)OC(=O)NCCCC(C(=O)NC1CCCCCC1)n1cccc(N)c1=O. The number of amides is 2. The summed E-state index contributed by atoms with van der Waals surface area (Å²) >= 11 is 0. The van der Waals surface area contributed by atoms with Gasteiger partial charge in [0, 0.05) is 18.8 Å². The van der Waals surface area contributed by atoms with Crippen LogP contribution in [-0.4, -0.2) is 34.8 Å². The highest BCUT2D eigenvalue weighted by Crippen LogP contribution is 2.19. The molecule has 1 aliphatic carbocycles. The zero-order valence-corrected chi connectivity index (χ0v) is 18.4. The number of carbonyl (C=O) groups excluding carboxylic acids is 2. The Morgan fingerprint density at radius 1 is 1.23 bits per heavy atom. The van der Waals surface area contributed by atoms with Gasteiger partial charge in [-0.15, -0.1) is 0 Å². The summed E-state index contributed by atoms with van der Waals surface area (Å²) in [5.41, 5.74) is 4.94. The quantitative estimate of drug-likeness (QED) is 0.463. The first-order valence-corrected chi connectivity index (χ1v) is 10.9. The van der Waals surface area contributed by atoms with Gasteiger partial charge in [-0.25, -0.2) is 4.79 Å². The molecule has 30 heavy (non-hydrogen) atoms. The molecule has 0 bridgehead atoms. The van der Waals surface area contributed by atoms with E-state index < -0.39 is 17.7 Å². The smallest absolute Gasteiger partial charge is 0.407 e. The maximum absolute atomic E-state index is 13.1. The molecule has 8 nitrogen and oxygen atoms in total. The fourth-order valence-electron chi connectivity index (χ4n) is 3.69. The lowest BCUT2D eigenvalue weighted by atomic mass is 10.1. The van der Waals surface area contributed by atoms with E-state index in [0.29, 0.717) is 19.4 Å². The summed E-state index contributed by atoms with van der Waals surface area (Å²) in [5.74, 6) is -0.174. The fourth-order valence-corrected chi connectivity index (χ4v) is 3.69. The Labute approximate surface area is 178 Å². The second-order valence-corrected chi connectivity index (χ2v) is 8.96. The molecule has 0 aliphatic heterocycles. The number of nitrogens with one attached hydrogen (secondary N) is 2. The lowest BCUT2D eigenvalue weighted by Crippen LogP contribution is -2.42. The predicted octanol–water partition coefficient (Wildman–Crippen LogP) is 3.12. The average molecular weight is 421 g/mol. The van der Waals surface area contributed by atoms with Crippen molar-refractivity contribution in [3.8, 4) is 0 Å². The number of aromatic nitrogens is 1. The molecule has 0 aromatic carbocycles. The molecule has 0 radical (unpaired) electrons. The van der Waals surface area contributed by atoms with Crippen molar-refractivity contribution < 1.29 is 14.3 Å². The van der Waals surface area contributed by atoms with Crippen LogP contribution in [0.25, 0.3) is 0 Å². The van der Waals surface area contributed by atoms with Crippen LogP contribution in [0.1, 0.15) is 78.2 Å². The van der Waals surface area contributed by atoms with Crippen molar-refractivity contribution in [2.45, 2.75) is 89.8 Å². The van der Waals surface area contributed by atoms with Gasteiger partial charge in [0.15, 0.2) is 0 Å². The summed E-state index contributed by atoms with van der Waals surface area (Å²) < 4.78 is 6.62. The highest BCUT2D eigenvalue weighted by molar-refractivity contribution is 5.80. The number of rotatable bonds is 7. The maximum atomic E-state index is 13.1. The van der Waals surface area contributed by atoms with Crippen molar-refractivity contribution in [1.29, 1.82) is 0 Å². The number of carbonyl (C=O) groups is 2. The molecule has 0 spiro atoms. The lowest BCUT2D eigenvalue weighted by Gasteiger charge is -2.24. The van der Waals surface area contributed by atoms with E-state index in [1.165, 1.54) is 23.5 Å². The topological polar surface area (TPSA) is 115 Å². The van der Waals surface area contributed by atoms with Gasteiger partial charge in [-0.1, -0.05) is 25.7 Å². The summed E-state index contributed by atoms with van der Waals surface area (Å²) in [5, 5.41) is 5.83. The van der Waals surface area contributed by atoms with E-state index in [1.54, 1.807) is 33.0 Å². The average Bonchev–Trinajstić information content (AvgIpc) is 2.91. The summed E-state index contributed by atoms with van der Waals surface area (Å²) in [6.07, 6.45) is 8.54. The van der Waals surface area contributed by atoms with Crippen LogP contribution in [0.4, 0.5) is 10.5 Å². The third-order valence-corrected chi connectivity index (χ3v) is 5.17. The number of hydrogen-bond acceptors (Lipinski definition) is 5. The van der Waals surface area contributed by atoms with Gasteiger partial charge in [-0.3, -0.25) is 9.59 Å². The van der Waals surface area contributed by atoms with Crippen molar-refractivity contribution in [2.75, 3.05) is 12.3 Å². The highest BCUT2D eigenvalue weighted by Gasteiger charge is 2.25. The fraction of sp³-hybridized carbons (Fsp3) is 0.682. The second kappa shape index (κ2) is 11.0. The number of anilines is 1. The first kappa shape index (κ1) is 23.8. The van der Waals surface area contributed by atoms with Crippen LogP contribution in [0.15, 0.2) is 23.1 Å². The van der Waals surface area contributed by atoms with Crippen molar-refractivity contribution in [2.24, 2.45) is 0 Å². The van der Waals surface area contributed by atoms with Gasteiger partial charge in [-0.2, -0.15) is 0 Å². The van der Waals surface area contributed by atoms with Crippen LogP contribution in [0.5, 0.6) is 0 Å². The Bertz CT molecular complexity index is 761. The van der Waals surface area contributed by atoms with Crippen LogP contribution in [0, 0.1) is 0 Å². The molecule has 0 saturated heterocycles. The number of hydrogen-bond donors (Lipinski definition) is 3. The van der Waals surface area contributed by atoms with Crippen LogP contribution in [-0.2, 0) is 9.53 Å². The molecular weight excluding hydrogens is 384 g/mol. The first-order chi connectivity index (χ1) is 14.2. The molecule has 2 rings (SSSR count). The van der Waals surface area contributed by atoms with Gasteiger partial charge in [0.2, 0.25) is 5.91 Å². The number of nitrogens with zero attached hydrogens (tertiary/aromatic N) is 1. The zero-order chi connectivity index (χ0) is 22.1. The van der Waals surface area contributed by atoms with Gasteiger partial charge < -0.3 is 25.7 Å². The number of pyridine rings is 1. The summed E-state index contributed by atoms with van der Waals surface area (Å²) in [4.78, 5) is 37.4. The van der Waals surface area contributed by atoms with Gasteiger partial charge in [0.05, 0.1) is 5.69 Å². The van der Waals surface area contributed by atoms with E-state index in [0.717, 1.165) is 25.7 Å². The number of nitrogen functional groups attached to an aromatic ring is 1. The minimum absolute atomic E-state index is 0.108. The normalized spacial score (nSPS) is 16.4. The van der Waals surface area contributed by atoms with Crippen LogP contribution < -0.4 is 21.9 Å². The lowest BCUT2D eigenvalue weighted by molar-refractivity contribution is -0.125. The van der Waals surface area contributed by atoms with E-state index >= 15 is 0 Å². The van der Waals surface area contributed by atoms with Crippen molar-refractivity contribution in [3.05, 3.63) is 28.7 Å². The van der Waals surface area contributed by atoms with Crippen LogP contribution in [0.3, 0.4) is 0 Å². The minimum Gasteiger partial charge on any atom is -0.444 e. The maximum Gasteiger partial charge on any atom is 0.407 e. The molecule has 1 unspecified atom stereocenters. The first-order valence-electron chi connectivity index (χ1n) is 10.9. The molecule has 8 heteroatoms. The van der Waals surface area contributed by atoms with Crippen molar-refractivity contribution in [1.82, 2.24) is 15.2 Å². The summed E-state index contributed by atoms with van der Waals surface area (Å²) in [6.45, 7) is 5.74. The molecule has 1 aromatic heterocycles. The number of ether oxygens (including phenoxy) is 1. The Morgan fingerprint density at radius 3 is 2.53 bits per heavy atom. The molecule has 1 aliphatic rings. The van der Waals surface area contributed by atoms with Crippen molar-refractivity contribution in [3.63, 3.8) is 0 Å². The molecule has 1 heterocycles. The molecule has 1 atom stereocenters. The predicted molar refractivity (Wildman–Crippen MR) is 117 cm³/mol. The largest absolute Gasteiger partial charge is 0.444 e.